The van der Waals surface area contributed by atoms with E-state index in [1.807, 2.05) is 6.07 Å². The van der Waals surface area contributed by atoms with Crippen LogP contribution in [-0.2, 0) is 6.54 Å². The molecule has 0 saturated heterocycles. The second kappa shape index (κ2) is 6.17. The molecular weight excluding hydrogens is 298 g/mol. The van der Waals surface area contributed by atoms with E-state index in [-0.39, 0.29) is 18.3 Å². The van der Waals surface area contributed by atoms with Crippen LogP contribution >= 0.6 is 12.4 Å². The van der Waals surface area contributed by atoms with Crippen LogP contribution in [0.3, 0.4) is 0 Å². The fraction of sp³-hybridized carbons (Fsp3) is 0.647. The molecule has 4 bridgehead atoms. The van der Waals surface area contributed by atoms with Gasteiger partial charge < -0.3 is 11.1 Å². The molecule has 1 amide bonds. The van der Waals surface area contributed by atoms with Gasteiger partial charge >= 0.3 is 0 Å². The van der Waals surface area contributed by atoms with E-state index in [2.05, 4.69) is 10.3 Å². The van der Waals surface area contributed by atoms with Crippen LogP contribution < -0.4 is 11.1 Å². The second-order valence-corrected chi connectivity index (χ2v) is 7.17. The summed E-state index contributed by atoms with van der Waals surface area (Å²) >= 11 is 0. The highest BCUT2D eigenvalue weighted by molar-refractivity contribution is 5.94. The number of nitrogens with zero attached hydrogens (tertiary/aromatic N) is 1. The van der Waals surface area contributed by atoms with E-state index in [4.69, 9.17) is 5.73 Å². The predicted molar refractivity (Wildman–Crippen MR) is 87.7 cm³/mol. The molecule has 1 heterocycles. The molecule has 22 heavy (non-hydrogen) atoms. The van der Waals surface area contributed by atoms with E-state index in [1.54, 1.807) is 12.3 Å². The van der Waals surface area contributed by atoms with E-state index in [0.717, 1.165) is 17.5 Å². The van der Waals surface area contributed by atoms with Gasteiger partial charge in [-0.15, -0.1) is 12.4 Å². The Hall–Kier alpha value is -1.13. The summed E-state index contributed by atoms with van der Waals surface area (Å²) < 4.78 is 0. The maximum Gasteiger partial charge on any atom is 0.251 e. The summed E-state index contributed by atoms with van der Waals surface area (Å²) in [4.78, 5) is 16.7. The average Bonchev–Trinajstić information content (AvgIpc) is 2.50. The minimum Gasteiger partial charge on any atom is -0.349 e. The lowest BCUT2D eigenvalue weighted by Gasteiger charge is -2.54. The summed E-state index contributed by atoms with van der Waals surface area (Å²) in [5.74, 6) is 3.34. The number of carbonyl (C=O) groups is 1. The SMILES string of the molecule is Cl.NCc1cc(C(=O)NC2C3CC4CC(C3)CC2C4)ccn1. The fourth-order valence-corrected chi connectivity index (χ4v) is 5.13. The van der Waals surface area contributed by atoms with Crippen LogP contribution in [0, 0.1) is 23.7 Å². The fourth-order valence-electron chi connectivity index (χ4n) is 5.13. The van der Waals surface area contributed by atoms with Crippen molar-refractivity contribution in [3.63, 3.8) is 0 Å². The van der Waals surface area contributed by atoms with Crippen molar-refractivity contribution in [2.24, 2.45) is 29.4 Å². The van der Waals surface area contributed by atoms with Crippen molar-refractivity contribution >= 4 is 18.3 Å². The summed E-state index contributed by atoms with van der Waals surface area (Å²) in [6.07, 6.45) is 8.40. The Morgan fingerprint density at radius 1 is 1.18 bits per heavy atom. The maximum absolute atomic E-state index is 12.5. The third kappa shape index (κ3) is 2.74. The number of amides is 1. The van der Waals surface area contributed by atoms with Gasteiger partial charge in [-0.3, -0.25) is 9.78 Å². The first-order chi connectivity index (χ1) is 10.2. The minimum atomic E-state index is 0. The normalized spacial score (nSPS) is 35.0. The number of rotatable bonds is 3. The molecular formula is C17H24ClN3O. The van der Waals surface area contributed by atoms with Gasteiger partial charge in [-0.2, -0.15) is 0 Å². The molecule has 4 aliphatic rings. The molecule has 1 aromatic rings. The summed E-state index contributed by atoms with van der Waals surface area (Å²) in [5, 5.41) is 3.32. The first-order valence-corrected chi connectivity index (χ1v) is 8.18. The molecule has 3 N–H and O–H groups in total. The molecule has 5 rings (SSSR count). The smallest absolute Gasteiger partial charge is 0.251 e. The number of hydrogen-bond donors (Lipinski definition) is 2. The number of hydrogen-bond acceptors (Lipinski definition) is 3. The summed E-state index contributed by atoms with van der Waals surface area (Å²) in [6.45, 7) is 0.374. The van der Waals surface area contributed by atoms with Crippen molar-refractivity contribution in [2.45, 2.75) is 44.7 Å². The second-order valence-electron chi connectivity index (χ2n) is 7.17. The quantitative estimate of drug-likeness (QED) is 0.899. The topological polar surface area (TPSA) is 68.0 Å². The number of aromatic nitrogens is 1. The van der Waals surface area contributed by atoms with Crippen LogP contribution in [0.5, 0.6) is 0 Å². The molecule has 0 aromatic carbocycles. The zero-order valence-corrected chi connectivity index (χ0v) is 13.5. The van der Waals surface area contributed by atoms with Crippen molar-refractivity contribution in [1.29, 1.82) is 0 Å². The highest BCUT2D eigenvalue weighted by atomic mass is 35.5. The number of halogens is 1. The van der Waals surface area contributed by atoms with Gasteiger partial charge in [-0.05, 0) is 67.9 Å². The van der Waals surface area contributed by atoms with Crippen molar-refractivity contribution in [2.75, 3.05) is 0 Å². The molecule has 0 unspecified atom stereocenters. The third-order valence-electron chi connectivity index (χ3n) is 5.81. The Bertz CT molecular complexity index is 535. The van der Waals surface area contributed by atoms with E-state index < -0.39 is 0 Å². The molecule has 0 atom stereocenters. The minimum absolute atomic E-state index is 0. The first kappa shape index (κ1) is 15.8. The predicted octanol–water partition coefficient (Wildman–Crippen LogP) is 2.52. The molecule has 120 valence electrons. The highest BCUT2D eigenvalue weighted by Crippen LogP contribution is 2.53. The number of nitrogens with two attached hydrogens (primary N) is 1. The molecule has 4 aliphatic carbocycles. The van der Waals surface area contributed by atoms with Gasteiger partial charge in [0.1, 0.15) is 0 Å². The van der Waals surface area contributed by atoms with Gasteiger partial charge in [-0.25, -0.2) is 0 Å². The Morgan fingerprint density at radius 2 is 1.82 bits per heavy atom. The Morgan fingerprint density at radius 3 is 2.41 bits per heavy atom. The molecule has 5 heteroatoms. The van der Waals surface area contributed by atoms with Crippen LogP contribution in [0.2, 0.25) is 0 Å². The molecule has 0 aliphatic heterocycles. The van der Waals surface area contributed by atoms with Gasteiger partial charge in [0.15, 0.2) is 0 Å². The zero-order valence-electron chi connectivity index (χ0n) is 12.7. The zero-order chi connectivity index (χ0) is 14.4. The molecule has 0 spiro atoms. The van der Waals surface area contributed by atoms with E-state index >= 15 is 0 Å². The molecule has 1 aromatic heterocycles. The number of nitrogens with one attached hydrogen (secondary N) is 1. The van der Waals surface area contributed by atoms with Crippen molar-refractivity contribution in [3.8, 4) is 0 Å². The standard InChI is InChI=1S/C17H23N3O.ClH/c18-9-15-8-12(1-2-19-15)17(21)20-16-13-4-10-3-11(6-13)7-14(16)5-10;/h1-2,8,10-11,13-14,16H,3-7,9,18H2,(H,20,21);1H. The number of carbonyl (C=O) groups excluding carboxylic acids is 1. The van der Waals surface area contributed by atoms with Crippen LogP contribution in [0.15, 0.2) is 18.3 Å². The van der Waals surface area contributed by atoms with Gasteiger partial charge in [0.25, 0.3) is 5.91 Å². The van der Waals surface area contributed by atoms with Crippen LogP contribution in [0.1, 0.15) is 48.2 Å². The van der Waals surface area contributed by atoms with E-state index in [1.165, 1.54) is 32.1 Å². The van der Waals surface area contributed by atoms with Gasteiger partial charge in [-0.1, -0.05) is 0 Å². The summed E-state index contributed by atoms with van der Waals surface area (Å²) in [5.41, 5.74) is 7.07. The Labute approximate surface area is 137 Å². The first-order valence-electron chi connectivity index (χ1n) is 8.18. The van der Waals surface area contributed by atoms with Crippen LogP contribution in [0.25, 0.3) is 0 Å². The highest BCUT2D eigenvalue weighted by Gasteiger charge is 2.48. The van der Waals surface area contributed by atoms with Gasteiger partial charge in [0, 0.05) is 24.3 Å². The lowest BCUT2D eigenvalue weighted by atomic mass is 9.54. The van der Waals surface area contributed by atoms with E-state index in [0.29, 0.717) is 30.0 Å². The molecule has 4 saturated carbocycles. The Balaban J connectivity index is 0.00000144. The monoisotopic (exact) mass is 321 g/mol. The van der Waals surface area contributed by atoms with Gasteiger partial charge in [0.2, 0.25) is 0 Å². The summed E-state index contributed by atoms with van der Waals surface area (Å²) in [6, 6.07) is 3.98. The lowest BCUT2D eigenvalue weighted by Crippen LogP contribution is -2.55. The molecule has 0 radical (unpaired) electrons. The van der Waals surface area contributed by atoms with Crippen molar-refractivity contribution in [1.82, 2.24) is 10.3 Å². The van der Waals surface area contributed by atoms with Crippen molar-refractivity contribution < 1.29 is 4.79 Å². The molecule has 4 fully saturated rings. The van der Waals surface area contributed by atoms with Crippen molar-refractivity contribution in [3.05, 3.63) is 29.6 Å². The average molecular weight is 322 g/mol. The van der Waals surface area contributed by atoms with Crippen LogP contribution in [-0.4, -0.2) is 16.9 Å². The number of pyridine rings is 1. The van der Waals surface area contributed by atoms with E-state index in [9.17, 15) is 4.79 Å². The molecule has 4 nitrogen and oxygen atoms in total. The third-order valence-corrected chi connectivity index (χ3v) is 5.81. The summed E-state index contributed by atoms with van der Waals surface area (Å²) in [7, 11) is 0. The largest absolute Gasteiger partial charge is 0.349 e. The Kier molecular flexibility index (Phi) is 4.42. The lowest BCUT2D eigenvalue weighted by molar-refractivity contribution is -0.0119. The maximum atomic E-state index is 12.5. The van der Waals surface area contributed by atoms with Gasteiger partial charge in [0.05, 0.1) is 5.69 Å². The van der Waals surface area contributed by atoms with Crippen LogP contribution in [0.4, 0.5) is 0 Å².